The van der Waals surface area contributed by atoms with Gasteiger partial charge in [0.25, 0.3) is 11.8 Å². The fraction of sp³-hybridized carbons (Fsp3) is 0.190. The first-order valence-corrected chi connectivity index (χ1v) is 9.60. The fourth-order valence-electron chi connectivity index (χ4n) is 2.25. The average molecular weight is 379 g/mol. The van der Waals surface area contributed by atoms with E-state index in [1.165, 1.54) is 11.8 Å². The number of carbonyl (C=O) groups excluding carboxylic acids is 1. The maximum Gasteiger partial charge on any atom is 0.252 e. The van der Waals surface area contributed by atoms with Crippen LogP contribution < -0.4 is 10.1 Å². The van der Waals surface area contributed by atoms with E-state index >= 15 is 0 Å². The molecule has 0 aliphatic carbocycles. The molecule has 2 aromatic carbocycles. The van der Waals surface area contributed by atoms with E-state index < -0.39 is 0 Å². The third-order valence-electron chi connectivity index (χ3n) is 3.91. The Bertz CT molecular complexity index is 885. The summed E-state index contributed by atoms with van der Waals surface area (Å²) in [5, 5.41) is 3.63. The quantitative estimate of drug-likeness (QED) is 0.629. The molecule has 1 aromatic heterocycles. The van der Waals surface area contributed by atoms with E-state index in [1.807, 2.05) is 44.2 Å². The minimum absolute atomic E-state index is 0.0873. The molecule has 27 heavy (non-hydrogen) atoms. The molecule has 0 aliphatic rings. The monoisotopic (exact) mass is 379 g/mol. The van der Waals surface area contributed by atoms with Crippen LogP contribution in [-0.4, -0.2) is 21.9 Å². The third-order valence-corrected chi connectivity index (χ3v) is 4.89. The van der Waals surface area contributed by atoms with Crippen molar-refractivity contribution in [2.75, 3.05) is 0 Å². The molecule has 0 saturated carbocycles. The molecule has 138 valence electrons. The zero-order valence-electron chi connectivity index (χ0n) is 15.3. The summed E-state index contributed by atoms with van der Waals surface area (Å²) in [4.78, 5) is 21.9. The van der Waals surface area contributed by atoms with Crippen molar-refractivity contribution >= 4 is 17.7 Å². The topological polar surface area (TPSA) is 64.1 Å². The summed E-state index contributed by atoms with van der Waals surface area (Å²) in [6.45, 7) is 4.02. The molecule has 0 fully saturated rings. The van der Waals surface area contributed by atoms with Crippen LogP contribution in [0.4, 0.5) is 0 Å². The summed E-state index contributed by atoms with van der Waals surface area (Å²) < 4.78 is 5.89. The van der Waals surface area contributed by atoms with Crippen LogP contribution in [0.3, 0.4) is 0 Å². The van der Waals surface area contributed by atoms with E-state index in [9.17, 15) is 4.79 Å². The van der Waals surface area contributed by atoms with Gasteiger partial charge in [0.05, 0.1) is 0 Å². The maximum absolute atomic E-state index is 12.2. The van der Waals surface area contributed by atoms with Crippen LogP contribution in [0.5, 0.6) is 11.6 Å². The van der Waals surface area contributed by atoms with Crippen molar-refractivity contribution in [3.05, 3.63) is 72.6 Å². The second kappa shape index (κ2) is 9.19. The summed E-state index contributed by atoms with van der Waals surface area (Å²) in [6.07, 6.45) is 4.13. The van der Waals surface area contributed by atoms with Crippen LogP contribution in [0.1, 0.15) is 30.6 Å². The van der Waals surface area contributed by atoms with E-state index in [1.54, 1.807) is 36.7 Å². The number of aromatic nitrogens is 2. The lowest BCUT2D eigenvalue weighted by Crippen LogP contribution is -2.31. The van der Waals surface area contributed by atoms with Crippen molar-refractivity contribution in [2.24, 2.45) is 0 Å². The molecule has 1 N–H and O–H groups in total. The predicted molar refractivity (Wildman–Crippen MR) is 106 cm³/mol. The van der Waals surface area contributed by atoms with Crippen molar-refractivity contribution < 1.29 is 9.53 Å². The summed E-state index contributed by atoms with van der Waals surface area (Å²) in [5.74, 6) is 0.949. The van der Waals surface area contributed by atoms with Gasteiger partial charge in [0, 0.05) is 28.9 Å². The predicted octanol–water partition coefficient (Wildman–Crippen LogP) is 4.95. The van der Waals surface area contributed by atoms with Gasteiger partial charge in [-0.05, 0) is 49.7 Å². The maximum atomic E-state index is 12.2. The highest BCUT2D eigenvalue weighted by Crippen LogP contribution is 2.33. The highest BCUT2D eigenvalue weighted by atomic mass is 32.2. The van der Waals surface area contributed by atoms with Gasteiger partial charge in [-0.2, -0.15) is 0 Å². The van der Waals surface area contributed by atoms with Gasteiger partial charge in [-0.3, -0.25) is 4.79 Å². The highest BCUT2D eigenvalue weighted by Gasteiger charge is 2.12. The summed E-state index contributed by atoms with van der Waals surface area (Å²) in [6, 6.07) is 17.1. The van der Waals surface area contributed by atoms with Crippen LogP contribution in [0.2, 0.25) is 0 Å². The number of nitrogens with one attached hydrogen (secondary N) is 1. The van der Waals surface area contributed by atoms with Gasteiger partial charge in [0.1, 0.15) is 5.75 Å². The van der Waals surface area contributed by atoms with Crippen molar-refractivity contribution in [3.8, 4) is 11.6 Å². The molecule has 0 saturated heterocycles. The standard InChI is InChI=1S/C21H21N3O2S/c1-3-15(2)24-19(25)16-9-11-17(12-10-16)26-20-21(23-14-13-22-20)27-18-7-5-4-6-8-18/h4-15H,3H2,1-2H3,(H,24,25). The lowest BCUT2D eigenvalue weighted by Gasteiger charge is -2.12. The first-order valence-electron chi connectivity index (χ1n) is 8.78. The number of nitrogens with zero attached hydrogens (tertiary/aromatic N) is 2. The minimum atomic E-state index is -0.0873. The van der Waals surface area contributed by atoms with E-state index in [4.69, 9.17) is 4.74 Å². The molecule has 1 atom stereocenters. The Kier molecular flexibility index (Phi) is 6.44. The number of carbonyl (C=O) groups is 1. The Morgan fingerprint density at radius 1 is 1.07 bits per heavy atom. The van der Waals surface area contributed by atoms with Crippen LogP contribution in [0.25, 0.3) is 0 Å². The van der Waals surface area contributed by atoms with Crippen molar-refractivity contribution in [3.63, 3.8) is 0 Å². The van der Waals surface area contributed by atoms with Gasteiger partial charge in [0.15, 0.2) is 5.03 Å². The molecule has 6 heteroatoms. The van der Waals surface area contributed by atoms with Gasteiger partial charge in [-0.15, -0.1) is 0 Å². The smallest absolute Gasteiger partial charge is 0.252 e. The molecule has 0 bridgehead atoms. The van der Waals surface area contributed by atoms with Gasteiger partial charge in [0.2, 0.25) is 0 Å². The molecule has 0 radical (unpaired) electrons. The Morgan fingerprint density at radius 2 is 1.78 bits per heavy atom. The zero-order valence-corrected chi connectivity index (χ0v) is 16.1. The molecule has 5 nitrogen and oxygen atoms in total. The van der Waals surface area contributed by atoms with Gasteiger partial charge < -0.3 is 10.1 Å². The number of ether oxygens (including phenoxy) is 1. The highest BCUT2D eigenvalue weighted by molar-refractivity contribution is 7.99. The van der Waals surface area contributed by atoms with E-state index in [0.717, 1.165) is 11.3 Å². The van der Waals surface area contributed by atoms with Crippen LogP contribution in [0.15, 0.2) is 76.9 Å². The van der Waals surface area contributed by atoms with Crippen LogP contribution in [0, 0.1) is 0 Å². The third kappa shape index (κ3) is 5.31. The Balaban J connectivity index is 1.71. The molecular formula is C21H21N3O2S. The zero-order chi connectivity index (χ0) is 19.1. The van der Waals surface area contributed by atoms with Crippen LogP contribution in [-0.2, 0) is 0 Å². The van der Waals surface area contributed by atoms with Gasteiger partial charge in [-0.1, -0.05) is 36.9 Å². The van der Waals surface area contributed by atoms with Gasteiger partial charge in [-0.25, -0.2) is 9.97 Å². The second-order valence-electron chi connectivity index (χ2n) is 5.99. The largest absolute Gasteiger partial charge is 0.437 e. The molecule has 1 amide bonds. The normalized spacial score (nSPS) is 11.6. The number of benzene rings is 2. The van der Waals surface area contributed by atoms with E-state index in [-0.39, 0.29) is 11.9 Å². The SMILES string of the molecule is CCC(C)NC(=O)c1ccc(Oc2nccnc2Sc2ccccc2)cc1. The second-order valence-corrected chi connectivity index (χ2v) is 7.05. The first kappa shape index (κ1) is 18.9. The number of rotatable bonds is 7. The molecule has 0 spiro atoms. The molecule has 0 aliphatic heterocycles. The van der Waals surface area contributed by atoms with Crippen LogP contribution >= 0.6 is 11.8 Å². The fourth-order valence-corrected chi connectivity index (χ4v) is 3.06. The molecular weight excluding hydrogens is 358 g/mol. The number of hydrogen-bond donors (Lipinski definition) is 1. The Morgan fingerprint density at radius 3 is 2.48 bits per heavy atom. The lowest BCUT2D eigenvalue weighted by molar-refractivity contribution is 0.0939. The summed E-state index contributed by atoms with van der Waals surface area (Å²) >= 11 is 1.49. The minimum Gasteiger partial charge on any atom is -0.437 e. The van der Waals surface area contributed by atoms with E-state index in [0.29, 0.717) is 22.2 Å². The number of hydrogen-bond acceptors (Lipinski definition) is 5. The van der Waals surface area contributed by atoms with Crippen molar-refractivity contribution in [1.29, 1.82) is 0 Å². The summed E-state index contributed by atoms with van der Waals surface area (Å²) in [5.41, 5.74) is 0.598. The lowest BCUT2D eigenvalue weighted by atomic mass is 10.2. The Hall–Kier alpha value is -2.86. The number of amides is 1. The van der Waals surface area contributed by atoms with E-state index in [2.05, 4.69) is 15.3 Å². The average Bonchev–Trinajstić information content (AvgIpc) is 2.70. The molecule has 1 unspecified atom stereocenters. The first-order chi connectivity index (χ1) is 13.2. The Labute approximate surface area is 163 Å². The summed E-state index contributed by atoms with van der Waals surface area (Å²) in [7, 11) is 0. The van der Waals surface area contributed by atoms with Gasteiger partial charge >= 0.3 is 0 Å². The molecule has 3 aromatic rings. The molecule has 1 heterocycles. The van der Waals surface area contributed by atoms with Crippen molar-refractivity contribution in [1.82, 2.24) is 15.3 Å². The molecule has 3 rings (SSSR count). The van der Waals surface area contributed by atoms with Crippen molar-refractivity contribution in [2.45, 2.75) is 36.2 Å².